The van der Waals surface area contributed by atoms with Crippen molar-refractivity contribution in [2.75, 3.05) is 0 Å². The van der Waals surface area contributed by atoms with E-state index in [4.69, 9.17) is 16.1 Å². The summed E-state index contributed by atoms with van der Waals surface area (Å²) in [4.78, 5) is 21.0. The number of nitrogens with one attached hydrogen (secondary N) is 1. The van der Waals surface area contributed by atoms with Crippen LogP contribution >= 0.6 is 23.4 Å². The Balaban J connectivity index is 1.73. The van der Waals surface area contributed by atoms with Crippen LogP contribution in [0.5, 0.6) is 0 Å². The normalized spacial score (nSPS) is 11.7. The van der Waals surface area contributed by atoms with Crippen LogP contribution in [0, 0.1) is 0 Å². The number of benzene rings is 1. The summed E-state index contributed by atoms with van der Waals surface area (Å²) >= 11 is 6.64. The van der Waals surface area contributed by atoms with Gasteiger partial charge in [-0.25, -0.2) is 4.98 Å². The highest BCUT2D eigenvalue weighted by molar-refractivity contribution is 7.98. The van der Waals surface area contributed by atoms with E-state index in [9.17, 15) is 18.0 Å². The molecule has 2 heterocycles. The molecule has 6 nitrogen and oxygen atoms in total. The fraction of sp³-hybridized carbons (Fsp3) is 0.143. The maximum atomic E-state index is 12.7. The molecule has 0 unspecified atom stereocenters. The molecular weight excluding hydrogens is 381 g/mol. The van der Waals surface area contributed by atoms with Gasteiger partial charge in [0.2, 0.25) is 11.7 Å². The number of hydrogen-bond acceptors (Lipinski definition) is 6. The summed E-state index contributed by atoms with van der Waals surface area (Å²) in [6.07, 6.45) is -4.70. The molecule has 0 radical (unpaired) electrons. The molecule has 0 saturated heterocycles. The van der Waals surface area contributed by atoms with Gasteiger partial charge in [0, 0.05) is 16.7 Å². The lowest BCUT2D eigenvalue weighted by molar-refractivity contribution is -0.141. The summed E-state index contributed by atoms with van der Waals surface area (Å²) in [6, 6.07) is 7.14. The molecule has 0 fully saturated rings. The monoisotopic (exact) mass is 388 g/mol. The predicted octanol–water partition coefficient (Wildman–Crippen LogP) is 3.78. The third-order valence-electron chi connectivity index (χ3n) is 2.91. The maximum Gasteiger partial charge on any atom is 0.433 e. The minimum Gasteiger partial charge on any atom is -0.338 e. The van der Waals surface area contributed by atoms with Crippen molar-refractivity contribution in [3.05, 3.63) is 57.3 Å². The molecule has 0 amide bonds. The van der Waals surface area contributed by atoms with Crippen LogP contribution in [0.2, 0.25) is 5.02 Å². The highest BCUT2D eigenvalue weighted by atomic mass is 35.5. The molecular formula is C14H8ClF3N4O2S. The van der Waals surface area contributed by atoms with Gasteiger partial charge < -0.3 is 9.51 Å². The van der Waals surface area contributed by atoms with Crippen LogP contribution in [0.1, 0.15) is 11.6 Å². The van der Waals surface area contributed by atoms with E-state index in [0.717, 1.165) is 11.8 Å². The molecule has 130 valence electrons. The van der Waals surface area contributed by atoms with Crippen molar-refractivity contribution in [2.24, 2.45) is 0 Å². The summed E-state index contributed by atoms with van der Waals surface area (Å²) in [5, 5.41) is 4.16. The average Bonchev–Trinajstić information content (AvgIpc) is 3.01. The number of aromatic amines is 1. The first-order valence-electron chi connectivity index (χ1n) is 6.71. The van der Waals surface area contributed by atoms with E-state index in [1.165, 1.54) is 0 Å². The van der Waals surface area contributed by atoms with E-state index in [1.54, 1.807) is 24.3 Å². The third kappa shape index (κ3) is 4.40. The number of alkyl halides is 3. The predicted molar refractivity (Wildman–Crippen MR) is 84.2 cm³/mol. The minimum atomic E-state index is -4.70. The van der Waals surface area contributed by atoms with Crippen LogP contribution in [0.4, 0.5) is 13.2 Å². The van der Waals surface area contributed by atoms with Crippen molar-refractivity contribution in [2.45, 2.75) is 17.1 Å². The number of aromatic nitrogens is 4. The topological polar surface area (TPSA) is 84.7 Å². The number of hydrogen-bond donors (Lipinski definition) is 1. The molecule has 0 aliphatic heterocycles. The molecule has 0 atom stereocenters. The molecule has 0 saturated carbocycles. The molecule has 2 aromatic heterocycles. The zero-order valence-corrected chi connectivity index (χ0v) is 13.7. The van der Waals surface area contributed by atoms with E-state index in [1.807, 2.05) is 0 Å². The van der Waals surface area contributed by atoms with E-state index in [0.29, 0.717) is 22.5 Å². The summed E-state index contributed by atoms with van der Waals surface area (Å²) in [7, 11) is 0. The van der Waals surface area contributed by atoms with Crippen LogP contribution in [-0.2, 0) is 11.9 Å². The molecule has 3 aromatic rings. The fourth-order valence-electron chi connectivity index (χ4n) is 1.81. The first kappa shape index (κ1) is 17.5. The van der Waals surface area contributed by atoms with Gasteiger partial charge in [-0.2, -0.15) is 18.2 Å². The lowest BCUT2D eigenvalue weighted by Crippen LogP contribution is -2.16. The highest BCUT2D eigenvalue weighted by Gasteiger charge is 2.33. The van der Waals surface area contributed by atoms with Gasteiger partial charge in [-0.15, -0.1) is 0 Å². The third-order valence-corrected chi connectivity index (χ3v) is 4.02. The first-order chi connectivity index (χ1) is 11.8. The molecule has 0 aliphatic rings. The van der Waals surface area contributed by atoms with Crippen molar-refractivity contribution in [3.63, 3.8) is 0 Å². The number of H-pyrrole nitrogens is 1. The van der Waals surface area contributed by atoms with Crippen LogP contribution in [0.3, 0.4) is 0 Å². The van der Waals surface area contributed by atoms with Crippen molar-refractivity contribution >= 4 is 23.4 Å². The molecule has 3 rings (SSSR count). The number of nitrogens with zero attached hydrogens (tertiary/aromatic N) is 3. The van der Waals surface area contributed by atoms with Gasteiger partial charge in [-0.3, -0.25) is 4.79 Å². The molecule has 1 N–H and O–H groups in total. The van der Waals surface area contributed by atoms with Crippen LogP contribution in [0.15, 0.2) is 44.8 Å². The second-order valence-corrected chi connectivity index (χ2v) is 6.14. The van der Waals surface area contributed by atoms with E-state index >= 15 is 0 Å². The van der Waals surface area contributed by atoms with E-state index in [-0.39, 0.29) is 16.8 Å². The Hall–Kier alpha value is -2.33. The number of rotatable bonds is 4. The zero-order chi connectivity index (χ0) is 18.0. The Labute approximate surface area is 147 Å². The van der Waals surface area contributed by atoms with Crippen molar-refractivity contribution in [3.8, 4) is 11.4 Å². The van der Waals surface area contributed by atoms with Crippen LogP contribution in [-0.4, -0.2) is 20.1 Å². The Kier molecular flexibility index (Phi) is 4.82. The van der Waals surface area contributed by atoms with Crippen molar-refractivity contribution in [1.82, 2.24) is 20.1 Å². The lowest BCUT2D eigenvalue weighted by Gasteiger charge is -2.06. The summed E-state index contributed by atoms with van der Waals surface area (Å²) in [5.74, 6) is 0.540. The van der Waals surface area contributed by atoms with Gasteiger partial charge in [-0.05, 0) is 24.3 Å². The quantitative estimate of drug-likeness (QED) is 0.540. The van der Waals surface area contributed by atoms with Crippen LogP contribution < -0.4 is 5.56 Å². The maximum absolute atomic E-state index is 12.7. The summed E-state index contributed by atoms with van der Waals surface area (Å²) < 4.78 is 43.0. The standard InChI is InChI=1S/C14H8ClF3N4O2S/c15-8-3-1-7(2-4-8)12-21-11(24-22-12)6-25-13-19-9(14(16,17)18)5-10(23)20-13/h1-5H,6H2,(H,19,20,23). The zero-order valence-electron chi connectivity index (χ0n) is 12.2. The van der Waals surface area contributed by atoms with Gasteiger partial charge in [0.05, 0.1) is 5.75 Å². The molecule has 1 aromatic carbocycles. The number of halogens is 4. The van der Waals surface area contributed by atoms with Gasteiger partial charge in [0.25, 0.3) is 5.56 Å². The molecule has 11 heteroatoms. The van der Waals surface area contributed by atoms with Crippen molar-refractivity contribution in [1.29, 1.82) is 0 Å². The van der Waals surface area contributed by atoms with Gasteiger partial charge in [0.1, 0.15) is 0 Å². The first-order valence-corrected chi connectivity index (χ1v) is 8.07. The lowest BCUT2D eigenvalue weighted by atomic mass is 10.2. The molecule has 0 aliphatic carbocycles. The Morgan fingerprint density at radius 2 is 1.92 bits per heavy atom. The SMILES string of the molecule is O=c1cc(C(F)(F)F)nc(SCc2nc(-c3ccc(Cl)cc3)no2)[nH]1. The second kappa shape index (κ2) is 6.89. The Morgan fingerprint density at radius 3 is 2.60 bits per heavy atom. The number of thioether (sulfide) groups is 1. The molecule has 0 spiro atoms. The average molecular weight is 389 g/mol. The highest BCUT2D eigenvalue weighted by Crippen LogP contribution is 2.28. The fourth-order valence-corrected chi connectivity index (χ4v) is 2.65. The minimum absolute atomic E-state index is 0.0465. The van der Waals surface area contributed by atoms with Crippen LogP contribution in [0.25, 0.3) is 11.4 Å². The molecule has 25 heavy (non-hydrogen) atoms. The van der Waals surface area contributed by atoms with E-state index < -0.39 is 17.4 Å². The van der Waals surface area contributed by atoms with Gasteiger partial charge in [0.15, 0.2) is 10.9 Å². The summed E-state index contributed by atoms with van der Waals surface area (Å²) in [6.45, 7) is 0. The van der Waals surface area contributed by atoms with Gasteiger partial charge >= 0.3 is 6.18 Å². The summed E-state index contributed by atoms with van der Waals surface area (Å²) in [5.41, 5.74) is -1.47. The molecule has 0 bridgehead atoms. The Bertz CT molecular complexity index is 940. The Morgan fingerprint density at radius 1 is 1.20 bits per heavy atom. The largest absolute Gasteiger partial charge is 0.433 e. The van der Waals surface area contributed by atoms with Gasteiger partial charge in [-0.1, -0.05) is 28.5 Å². The van der Waals surface area contributed by atoms with Crippen molar-refractivity contribution < 1.29 is 17.7 Å². The van der Waals surface area contributed by atoms with E-state index in [2.05, 4.69) is 20.1 Å². The smallest absolute Gasteiger partial charge is 0.338 e. The second-order valence-electron chi connectivity index (χ2n) is 4.74.